The molecule has 1 aromatic heterocycles. The molecule has 3 aromatic rings. The van der Waals surface area contributed by atoms with Crippen molar-refractivity contribution in [3.05, 3.63) is 84.0 Å². The number of alkyl halides is 1. The fourth-order valence-corrected chi connectivity index (χ4v) is 3.03. The second-order valence-electron chi connectivity index (χ2n) is 6.74. The highest BCUT2D eigenvalue weighted by Crippen LogP contribution is 2.25. The number of carbonyl (C=O) groups is 1. The number of amides is 1. The SMILES string of the molecule is COc1cc(C=CC(=O)N[C@@H](CF)Cc2ccccc2)ccc1-n1cnc(C)c1. The molecule has 1 heterocycles. The number of nitrogens with one attached hydrogen (secondary N) is 1. The smallest absolute Gasteiger partial charge is 0.244 e. The summed E-state index contributed by atoms with van der Waals surface area (Å²) < 4.78 is 20.7. The molecular formula is C23H24FN3O2. The molecule has 6 heteroatoms. The molecule has 0 fully saturated rings. The van der Waals surface area contributed by atoms with Crippen molar-refractivity contribution in [2.45, 2.75) is 19.4 Å². The van der Waals surface area contributed by atoms with Gasteiger partial charge in [0, 0.05) is 12.3 Å². The standard InChI is InChI=1S/C23H24FN3O2/c1-17-15-27(16-25-17)21-10-8-19(13-22(21)29-2)9-11-23(28)26-20(14-24)12-18-6-4-3-5-7-18/h3-11,13,15-16,20H,12,14H2,1-2H3,(H,26,28)/t20-/m1/s1. The molecule has 0 aliphatic rings. The minimum atomic E-state index is -0.624. The fraction of sp³-hybridized carbons (Fsp3) is 0.217. The Balaban J connectivity index is 1.66. The first-order chi connectivity index (χ1) is 14.1. The number of rotatable bonds is 8. The van der Waals surface area contributed by atoms with Gasteiger partial charge >= 0.3 is 0 Å². The second kappa shape index (κ2) is 9.68. The van der Waals surface area contributed by atoms with E-state index in [1.54, 1.807) is 19.5 Å². The highest BCUT2D eigenvalue weighted by atomic mass is 19.1. The highest BCUT2D eigenvalue weighted by Gasteiger charge is 2.11. The lowest BCUT2D eigenvalue weighted by Crippen LogP contribution is -2.37. The van der Waals surface area contributed by atoms with Crippen LogP contribution >= 0.6 is 0 Å². The van der Waals surface area contributed by atoms with Gasteiger partial charge in [-0.25, -0.2) is 9.37 Å². The molecule has 1 atom stereocenters. The predicted molar refractivity (Wildman–Crippen MR) is 112 cm³/mol. The average molecular weight is 393 g/mol. The van der Waals surface area contributed by atoms with Crippen molar-refractivity contribution in [1.29, 1.82) is 0 Å². The van der Waals surface area contributed by atoms with E-state index in [0.29, 0.717) is 12.2 Å². The molecule has 1 N–H and O–H groups in total. The van der Waals surface area contributed by atoms with E-state index in [1.165, 1.54) is 6.08 Å². The fourth-order valence-electron chi connectivity index (χ4n) is 3.03. The third-order valence-corrected chi connectivity index (χ3v) is 4.48. The number of hydrogen-bond donors (Lipinski definition) is 1. The molecular weight excluding hydrogens is 369 g/mol. The third kappa shape index (κ3) is 5.54. The van der Waals surface area contributed by atoms with E-state index in [0.717, 1.165) is 22.5 Å². The Morgan fingerprint density at radius 1 is 1.28 bits per heavy atom. The first-order valence-corrected chi connectivity index (χ1v) is 9.36. The summed E-state index contributed by atoms with van der Waals surface area (Å²) in [5.74, 6) is 0.326. The maximum Gasteiger partial charge on any atom is 0.244 e. The lowest BCUT2D eigenvalue weighted by atomic mass is 10.1. The molecule has 0 radical (unpaired) electrons. The van der Waals surface area contributed by atoms with Crippen molar-refractivity contribution in [1.82, 2.24) is 14.9 Å². The Bertz CT molecular complexity index is 983. The van der Waals surface area contributed by atoms with E-state index in [1.807, 2.05) is 66.2 Å². The van der Waals surface area contributed by atoms with Crippen LogP contribution in [0.25, 0.3) is 11.8 Å². The van der Waals surface area contributed by atoms with Crippen molar-refractivity contribution in [3.63, 3.8) is 0 Å². The van der Waals surface area contributed by atoms with Gasteiger partial charge in [-0.05, 0) is 42.7 Å². The molecule has 29 heavy (non-hydrogen) atoms. The number of nitrogens with zero attached hydrogens (tertiary/aromatic N) is 2. The maximum absolute atomic E-state index is 13.3. The lowest BCUT2D eigenvalue weighted by molar-refractivity contribution is -0.117. The van der Waals surface area contributed by atoms with Crippen LogP contribution in [0.15, 0.2) is 67.1 Å². The first-order valence-electron chi connectivity index (χ1n) is 9.36. The minimum Gasteiger partial charge on any atom is -0.495 e. The maximum atomic E-state index is 13.3. The molecule has 5 nitrogen and oxygen atoms in total. The van der Waals surface area contributed by atoms with Crippen molar-refractivity contribution in [3.8, 4) is 11.4 Å². The number of benzene rings is 2. The summed E-state index contributed by atoms with van der Waals surface area (Å²) in [4.78, 5) is 16.4. The van der Waals surface area contributed by atoms with Crippen LogP contribution in [-0.4, -0.2) is 35.3 Å². The van der Waals surface area contributed by atoms with E-state index in [2.05, 4.69) is 10.3 Å². The van der Waals surface area contributed by atoms with Gasteiger partial charge in [-0.2, -0.15) is 0 Å². The first kappa shape index (κ1) is 20.3. The summed E-state index contributed by atoms with van der Waals surface area (Å²) in [5, 5.41) is 2.71. The van der Waals surface area contributed by atoms with Crippen LogP contribution in [0, 0.1) is 6.92 Å². The van der Waals surface area contributed by atoms with Crippen molar-refractivity contribution < 1.29 is 13.9 Å². The zero-order valence-electron chi connectivity index (χ0n) is 16.5. The molecule has 0 unspecified atom stereocenters. The molecule has 150 valence electrons. The van der Waals surface area contributed by atoms with Gasteiger partial charge in [0.05, 0.1) is 30.9 Å². The molecule has 0 bridgehead atoms. The molecule has 0 saturated carbocycles. The van der Waals surface area contributed by atoms with Crippen LogP contribution in [-0.2, 0) is 11.2 Å². The van der Waals surface area contributed by atoms with Gasteiger partial charge in [0.15, 0.2) is 0 Å². The number of imidazole rings is 1. The number of aryl methyl sites for hydroxylation is 1. The Morgan fingerprint density at radius 2 is 2.07 bits per heavy atom. The van der Waals surface area contributed by atoms with Crippen LogP contribution < -0.4 is 10.1 Å². The summed E-state index contributed by atoms with van der Waals surface area (Å²) in [6, 6.07) is 14.6. The Hall–Kier alpha value is -3.41. The van der Waals surface area contributed by atoms with Crippen molar-refractivity contribution in [2.75, 3.05) is 13.8 Å². The monoisotopic (exact) mass is 393 g/mol. The van der Waals surface area contributed by atoms with E-state index < -0.39 is 12.7 Å². The number of ether oxygens (including phenoxy) is 1. The van der Waals surface area contributed by atoms with Crippen LogP contribution in [0.2, 0.25) is 0 Å². The zero-order valence-corrected chi connectivity index (χ0v) is 16.5. The molecule has 2 aromatic carbocycles. The Morgan fingerprint density at radius 3 is 2.72 bits per heavy atom. The molecule has 0 saturated heterocycles. The van der Waals surface area contributed by atoms with Gasteiger partial charge in [0.25, 0.3) is 0 Å². The molecule has 0 spiro atoms. The number of methoxy groups -OCH3 is 1. The number of aromatic nitrogens is 2. The minimum absolute atomic E-state index is 0.336. The second-order valence-corrected chi connectivity index (χ2v) is 6.74. The van der Waals surface area contributed by atoms with Gasteiger partial charge in [0.1, 0.15) is 12.4 Å². The summed E-state index contributed by atoms with van der Waals surface area (Å²) in [7, 11) is 1.60. The van der Waals surface area contributed by atoms with Gasteiger partial charge in [-0.1, -0.05) is 36.4 Å². The van der Waals surface area contributed by atoms with Gasteiger partial charge < -0.3 is 14.6 Å². The normalized spacial score (nSPS) is 12.1. The third-order valence-electron chi connectivity index (χ3n) is 4.48. The Kier molecular flexibility index (Phi) is 6.79. The average Bonchev–Trinajstić information content (AvgIpc) is 3.18. The molecule has 1 amide bonds. The predicted octanol–water partition coefficient (Wildman–Crippen LogP) is 3.90. The van der Waals surface area contributed by atoms with Crippen LogP contribution in [0.3, 0.4) is 0 Å². The van der Waals surface area contributed by atoms with Crippen molar-refractivity contribution >= 4 is 12.0 Å². The van der Waals surface area contributed by atoms with Gasteiger partial charge in [-0.3, -0.25) is 4.79 Å². The summed E-state index contributed by atoms with van der Waals surface area (Å²) in [6.45, 7) is 1.29. The van der Waals surface area contributed by atoms with E-state index in [9.17, 15) is 9.18 Å². The highest BCUT2D eigenvalue weighted by molar-refractivity contribution is 5.92. The quantitative estimate of drug-likeness (QED) is 0.591. The topological polar surface area (TPSA) is 56.1 Å². The van der Waals surface area contributed by atoms with Gasteiger partial charge in [0.2, 0.25) is 5.91 Å². The molecule has 0 aliphatic carbocycles. The van der Waals surface area contributed by atoms with Crippen LogP contribution in [0.5, 0.6) is 5.75 Å². The van der Waals surface area contributed by atoms with E-state index in [4.69, 9.17) is 4.74 Å². The molecule has 3 rings (SSSR count). The number of halogens is 1. The number of hydrogen-bond acceptors (Lipinski definition) is 3. The largest absolute Gasteiger partial charge is 0.495 e. The summed E-state index contributed by atoms with van der Waals surface area (Å²) >= 11 is 0. The zero-order chi connectivity index (χ0) is 20.6. The summed E-state index contributed by atoms with van der Waals surface area (Å²) in [6.07, 6.45) is 7.16. The molecule has 0 aliphatic heterocycles. The van der Waals surface area contributed by atoms with E-state index >= 15 is 0 Å². The number of carbonyl (C=O) groups excluding carboxylic acids is 1. The Labute approximate surface area is 169 Å². The van der Waals surface area contributed by atoms with Crippen LogP contribution in [0.4, 0.5) is 4.39 Å². The van der Waals surface area contributed by atoms with Gasteiger partial charge in [-0.15, -0.1) is 0 Å². The summed E-state index contributed by atoms with van der Waals surface area (Å²) in [5.41, 5.74) is 3.55. The lowest BCUT2D eigenvalue weighted by Gasteiger charge is -2.14. The van der Waals surface area contributed by atoms with E-state index in [-0.39, 0.29) is 5.91 Å². The van der Waals surface area contributed by atoms with Crippen molar-refractivity contribution in [2.24, 2.45) is 0 Å². The van der Waals surface area contributed by atoms with Crippen LogP contribution in [0.1, 0.15) is 16.8 Å².